The molecule has 18 heavy (non-hydrogen) atoms. The maximum Gasteiger partial charge on any atom is 0.328 e. The van der Waals surface area contributed by atoms with Gasteiger partial charge in [0.2, 0.25) is 11.8 Å². The number of hydrogen-bond donors (Lipinski definition) is 1. The molecule has 6 nitrogen and oxygen atoms in total. The quantitative estimate of drug-likeness (QED) is 0.709. The monoisotopic (exact) mass is 252 g/mol. The molecular formula is C12H16N2O4. The molecule has 0 saturated carbocycles. The van der Waals surface area contributed by atoms with Crippen LogP contribution in [0.25, 0.3) is 0 Å². The number of carbonyl (C=O) groups is 3. The van der Waals surface area contributed by atoms with Gasteiger partial charge in [-0.3, -0.25) is 9.59 Å². The normalized spacial score (nSPS) is 24.5. The summed E-state index contributed by atoms with van der Waals surface area (Å²) in [4.78, 5) is 37.6. The summed E-state index contributed by atoms with van der Waals surface area (Å²) in [7, 11) is 0. The van der Waals surface area contributed by atoms with Gasteiger partial charge in [0.05, 0.1) is 0 Å². The fraction of sp³-hybridized carbons (Fsp3) is 0.583. The van der Waals surface area contributed by atoms with Crippen LogP contribution in [0.2, 0.25) is 0 Å². The number of hydrogen-bond acceptors (Lipinski definition) is 3. The molecule has 0 aromatic carbocycles. The molecule has 2 rings (SSSR count). The van der Waals surface area contributed by atoms with E-state index in [2.05, 4.69) is 0 Å². The molecule has 0 spiro atoms. The lowest BCUT2D eigenvalue weighted by atomic mass is 10.1. The highest BCUT2D eigenvalue weighted by Gasteiger charge is 2.41. The van der Waals surface area contributed by atoms with E-state index in [4.69, 9.17) is 5.11 Å². The molecule has 0 aromatic rings. The topological polar surface area (TPSA) is 77.9 Å². The summed E-state index contributed by atoms with van der Waals surface area (Å²) in [5.74, 6) is -1.14. The van der Waals surface area contributed by atoms with Crippen LogP contribution in [0.15, 0.2) is 11.6 Å². The van der Waals surface area contributed by atoms with E-state index in [1.807, 2.05) is 0 Å². The van der Waals surface area contributed by atoms with Gasteiger partial charge in [0.25, 0.3) is 0 Å². The molecule has 1 N–H and O–H groups in total. The van der Waals surface area contributed by atoms with E-state index in [9.17, 15) is 14.4 Å². The van der Waals surface area contributed by atoms with Gasteiger partial charge < -0.3 is 14.9 Å². The summed E-state index contributed by atoms with van der Waals surface area (Å²) < 4.78 is 0. The first kappa shape index (κ1) is 12.6. The highest BCUT2D eigenvalue weighted by Crippen LogP contribution is 2.23. The van der Waals surface area contributed by atoms with Crippen molar-refractivity contribution in [2.45, 2.75) is 25.8 Å². The van der Waals surface area contributed by atoms with Gasteiger partial charge in [-0.2, -0.15) is 0 Å². The highest BCUT2D eigenvalue weighted by molar-refractivity contribution is 5.95. The first-order valence-corrected chi connectivity index (χ1v) is 5.97. The van der Waals surface area contributed by atoms with Gasteiger partial charge in [0, 0.05) is 19.2 Å². The average Bonchev–Trinajstić information content (AvgIpc) is 2.73. The van der Waals surface area contributed by atoms with Gasteiger partial charge in [-0.1, -0.05) is 0 Å². The minimum absolute atomic E-state index is 0.0415. The van der Waals surface area contributed by atoms with Crippen LogP contribution in [-0.4, -0.2) is 58.4 Å². The van der Waals surface area contributed by atoms with Crippen molar-refractivity contribution in [2.75, 3.05) is 19.6 Å². The largest absolute Gasteiger partial charge is 0.478 e. The zero-order valence-electron chi connectivity index (χ0n) is 10.3. The number of fused-ring (bicyclic) bond motifs is 1. The van der Waals surface area contributed by atoms with Gasteiger partial charge in [-0.15, -0.1) is 0 Å². The summed E-state index contributed by atoms with van der Waals surface area (Å²) in [6, 6.07) is -0.330. The second kappa shape index (κ2) is 4.80. The van der Waals surface area contributed by atoms with Crippen molar-refractivity contribution < 1.29 is 19.5 Å². The molecule has 2 aliphatic rings. The fourth-order valence-corrected chi connectivity index (χ4v) is 2.56. The number of carboxylic acid groups (broad SMARTS) is 1. The van der Waals surface area contributed by atoms with E-state index in [0.29, 0.717) is 18.5 Å². The van der Waals surface area contributed by atoms with Crippen molar-refractivity contribution in [3.63, 3.8) is 0 Å². The van der Waals surface area contributed by atoms with Crippen LogP contribution in [0.5, 0.6) is 0 Å². The fourth-order valence-electron chi connectivity index (χ4n) is 2.56. The average molecular weight is 252 g/mol. The second-order valence-corrected chi connectivity index (χ2v) is 4.77. The number of aliphatic carboxylic acids is 1. The van der Waals surface area contributed by atoms with Gasteiger partial charge in [-0.25, -0.2) is 4.79 Å². The Morgan fingerprint density at radius 3 is 2.89 bits per heavy atom. The molecule has 2 saturated heterocycles. The Bertz CT molecular complexity index is 430. The molecule has 2 fully saturated rings. The van der Waals surface area contributed by atoms with E-state index in [1.165, 1.54) is 4.90 Å². The van der Waals surface area contributed by atoms with E-state index < -0.39 is 5.97 Å². The van der Waals surface area contributed by atoms with E-state index in [-0.39, 0.29) is 30.9 Å². The van der Waals surface area contributed by atoms with Crippen LogP contribution in [-0.2, 0) is 14.4 Å². The zero-order valence-corrected chi connectivity index (χ0v) is 10.3. The van der Waals surface area contributed by atoms with Crippen LogP contribution < -0.4 is 0 Å². The van der Waals surface area contributed by atoms with E-state index in [0.717, 1.165) is 12.5 Å². The molecular weight excluding hydrogens is 236 g/mol. The van der Waals surface area contributed by atoms with E-state index in [1.54, 1.807) is 11.8 Å². The molecule has 0 aliphatic carbocycles. The number of rotatable bonds is 3. The van der Waals surface area contributed by atoms with Crippen LogP contribution in [0.4, 0.5) is 0 Å². The van der Waals surface area contributed by atoms with Crippen LogP contribution in [0.1, 0.15) is 19.8 Å². The molecule has 0 radical (unpaired) electrons. The SMILES string of the molecule is CC(=CC(=O)O)CN1CC(=O)N2CCCC2C1=O. The van der Waals surface area contributed by atoms with Crippen molar-refractivity contribution in [1.29, 1.82) is 0 Å². The molecule has 1 atom stereocenters. The molecule has 0 aromatic heterocycles. The van der Waals surface area contributed by atoms with Crippen molar-refractivity contribution in [1.82, 2.24) is 9.80 Å². The Hall–Kier alpha value is -1.85. The number of nitrogens with zero attached hydrogens (tertiary/aromatic N) is 2. The Kier molecular flexibility index (Phi) is 3.36. The van der Waals surface area contributed by atoms with Crippen molar-refractivity contribution in [3.8, 4) is 0 Å². The first-order valence-electron chi connectivity index (χ1n) is 5.97. The van der Waals surface area contributed by atoms with Crippen LogP contribution >= 0.6 is 0 Å². The summed E-state index contributed by atoms with van der Waals surface area (Å²) in [5.41, 5.74) is 0.565. The Morgan fingerprint density at radius 1 is 1.50 bits per heavy atom. The molecule has 6 heteroatoms. The summed E-state index contributed by atoms with van der Waals surface area (Å²) >= 11 is 0. The minimum Gasteiger partial charge on any atom is -0.478 e. The third-order valence-electron chi connectivity index (χ3n) is 3.31. The second-order valence-electron chi connectivity index (χ2n) is 4.77. The predicted octanol–water partition coefficient (Wildman–Crippen LogP) is -0.149. The lowest BCUT2D eigenvalue weighted by molar-refractivity contribution is -0.153. The van der Waals surface area contributed by atoms with Crippen LogP contribution in [0, 0.1) is 0 Å². The molecule has 98 valence electrons. The maximum absolute atomic E-state index is 12.1. The first-order chi connectivity index (χ1) is 8.49. The Morgan fingerprint density at radius 2 is 2.22 bits per heavy atom. The van der Waals surface area contributed by atoms with E-state index >= 15 is 0 Å². The highest BCUT2D eigenvalue weighted by atomic mass is 16.4. The molecule has 1 unspecified atom stereocenters. The summed E-state index contributed by atoms with van der Waals surface area (Å²) in [6.07, 6.45) is 2.64. The lowest BCUT2D eigenvalue weighted by Gasteiger charge is -2.36. The predicted molar refractivity (Wildman–Crippen MR) is 62.7 cm³/mol. The molecule has 2 amide bonds. The number of carbonyl (C=O) groups excluding carboxylic acids is 2. The number of amides is 2. The Labute approximate surface area is 105 Å². The molecule has 2 heterocycles. The number of carboxylic acids is 1. The number of piperazine rings is 1. The third-order valence-corrected chi connectivity index (χ3v) is 3.31. The summed E-state index contributed by atoms with van der Waals surface area (Å²) in [6.45, 7) is 2.57. The van der Waals surface area contributed by atoms with Crippen molar-refractivity contribution in [3.05, 3.63) is 11.6 Å². The maximum atomic E-state index is 12.1. The molecule has 2 aliphatic heterocycles. The zero-order chi connectivity index (χ0) is 13.3. The molecule has 0 bridgehead atoms. The third kappa shape index (κ3) is 2.37. The van der Waals surface area contributed by atoms with Gasteiger partial charge in [0.15, 0.2) is 0 Å². The van der Waals surface area contributed by atoms with Crippen molar-refractivity contribution in [2.24, 2.45) is 0 Å². The standard InChI is InChI=1S/C12H16N2O4/c1-8(5-11(16)17)6-13-7-10(15)14-4-2-3-9(14)12(13)18/h5,9H,2-4,6-7H2,1H3,(H,16,17). The lowest BCUT2D eigenvalue weighted by Crippen LogP contribution is -2.57. The van der Waals surface area contributed by atoms with Gasteiger partial charge >= 0.3 is 5.97 Å². The van der Waals surface area contributed by atoms with Crippen LogP contribution in [0.3, 0.4) is 0 Å². The van der Waals surface area contributed by atoms with Gasteiger partial charge in [-0.05, 0) is 25.3 Å². The van der Waals surface area contributed by atoms with Gasteiger partial charge in [0.1, 0.15) is 12.6 Å². The Balaban J connectivity index is 2.08. The summed E-state index contributed by atoms with van der Waals surface area (Å²) in [5, 5.41) is 8.63. The smallest absolute Gasteiger partial charge is 0.328 e. The van der Waals surface area contributed by atoms with Crippen molar-refractivity contribution >= 4 is 17.8 Å². The minimum atomic E-state index is -1.04.